The van der Waals surface area contributed by atoms with Crippen molar-refractivity contribution in [2.75, 3.05) is 13.1 Å². The molecule has 0 saturated carbocycles. The lowest BCUT2D eigenvalue weighted by atomic mass is 9.95. The zero-order valence-corrected chi connectivity index (χ0v) is 18.3. The lowest BCUT2D eigenvalue weighted by Crippen LogP contribution is -2.30. The molecule has 0 radical (unpaired) electrons. The van der Waals surface area contributed by atoms with Gasteiger partial charge in [0.1, 0.15) is 5.01 Å². The largest absolute Gasteiger partial charge is 0.365 e. The number of fused-ring (bicyclic) bond motifs is 1. The van der Waals surface area contributed by atoms with E-state index in [2.05, 4.69) is 9.97 Å². The second kappa shape index (κ2) is 8.20. The number of rotatable bonds is 5. The third-order valence-corrected chi connectivity index (χ3v) is 7.69. The highest BCUT2D eigenvalue weighted by molar-refractivity contribution is 7.21. The highest BCUT2D eigenvalue weighted by Gasteiger charge is 2.32. The van der Waals surface area contributed by atoms with Crippen molar-refractivity contribution in [3.8, 4) is 10.7 Å². The van der Waals surface area contributed by atoms with Crippen LogP contribution in [0.3, 0.4) is 0 Å². The third kappa shape index (κ3) is 3.84. The molecule has 31 heavy (non-hydrogen) atoms. The van der Waals surface area contributed by atoms with Crippen molar-refractivity contribution in [2.24, 2.45) is 5.73 Å². The summed E-state index contributed by atoms with van der Waals surface area (Å²) in [5.41, 5.74) is 8.24. The number of thiazole rings is 1. The highest BCUT2D eigenvalue weighted by atomic mass is 32.1. The molecule has 1 saturated heterocycles. The summed E-state index contributed by atoms with van der Waals surface area (Å²) in [5, 5.41) is 3.81. The molecule has 0 aliphatic carbocycles. The highest BCUT2D eigenvalue weighted by Crippen LogP contribution is 2.40. The first-order valence-electron chi connectivity index (χ1n) is 10.0. The van der Waals surface area contributed by atoms with E-state index in [1.807, 2.05) is 52.7 Å². The molecule has 5 rings (SSSR count). The van der Waals surface area contributed by atoms with Crippen LogP contribution in [0, 0.1) is 0 Å². The minimum Gasteiger partial charge on any atom is -0.365 e. The number of carbonyl (C=O) groups excluding carboxylic acids is 2. The Morgan fingerprint density at radius 2 is 2.00 bits per heavy atom. The molecular weight excluding hydrogens is 428 g/mol. The quantitative estimate of drug-likeness (QED) is 0.498. The Morgan fingerprint density at radius 3 is 2.81 bits per heavy atom. The van der Waals surface area contributed by atoms with Crippen molar-refractivity contribution >= 4 is 44.6 Å². The molecule has 0 bridgehead atoms. The number of nitrogens with two attached hydrogens (primary N) is 1. The molecule has 3 aromatic heterocycles. The van der Waals surface area contributed by atoms with Crippen molar-refractivity contribution in [1.29, 1.82) is 0 Å². The first-order valence-corrected chi connectivity index (χ1v) is 11.7. The van der Waals surface area contributed by atoms with Gasteiger partial charge in [0, 0.05) is 35.3 Å². The van der Waals surface area contributed by atoms with Gasteiger partial charge < -0.3 is 10.6 Å². The number of carbonyl (C=O) groups is 2. The van der Waals surface area contributed by atoms with Crippen LogP contribution in [0.4, 0.5) is 0 Å². The number of pyridine rings is 1. The van der Waals surface area contributed by atoms with Gasteiger partial charge in [-0.25, -0.2) is 4.98 Å². The van der Waals surface area contributed by atoms with E-state index in [1.165, 1.54) is 22.7 Å². The van der Waals surface area contributed by atoms with Gasteiger partial charge in [0.2, 0.25) is 5.91 Å². The Balaban J connectivity index is 1.32. The monoisotopic (exact) mass is 448 g/mol. The maximum absolute atomic E-state index is 12.9. The molecule has 1 aromatic carbocycles. The first-order chi connectivity index (χ1) is 15.1. The van der Waals surface area contributed by atoms with Gasteiger partial charge in [0.05, 0.1) is 22.7 Å². The van der Waals surface area contributed by atoms with Gasteiger partial charge in [-0.05, 0) is 35.6 Å². The molecule has 2 N–H and O–H groups in total. The molecule has 1 aliphatic heterocycles. The van der Waals surface area contributed by atoms with E-state index in [0.717, 1.165) is 38.5 Å². The van der Waals surface area contributed by atoms with Crippen LogP contribution in [0.5, 0.6) is 0 Å². The molecule has 156 valence electrons. The molecule has 1 fully saturated rings. The first kappa shape index (κ1) is 19.8. The number of benzene rings is 1. The molecule has 1 atom stereocenters. The summed E-state index contributed by atoms with van der Waals surface area (Å²) < 4.78 is 1.06. The number of hydrogen-bond acceptors (Lipinski definition) is 6. The van der Waals surface area contributed by atoms with Crippen LogP contribution < -0.4 is 5.73 Å². The van der Waals surface area contributed by atoms with E-state index in [1.54, 1.807) is 6.20 Å². The maximum atomic E-state index is 12.9. The van der Waals surface area contributed by atoms with Crippen molar-refractivity contribution in [3.63, 3.8) is 0 Å². The summed E-state index contributed by atoms with van der Waals surface area (Å²) in [5.74, 6) is -0.229. The van der Waals surface area contributed by atoms with Crippen LogP contribution in [-0.2, 0) is 11.2 Å². The van der Waals surface area contributed by atoms with Crippen molar-refractivity contribution < 1.29 is 9.59 Å². The van der Waals surface area contributed by atoms with Crippen LogP contribution in [0.25, 0.3) is 20.8 Å². The Labute approximate surface area is 187 Å². The van der Waals surface area contributed by atoms with E-state index in [-0.39, 0.29) is 18.2 Å². The van der Waals surface area contributed by atoms with Gasteiger partial charge in [-0.3, -0.25) is 14.6 Å². The van der Waals surface area contributed by atoms with E-state index in [9.17, 15) is 9.59 Å². The number of primary amides is 1. The van der Waals surface area contributed by atoms with Crippen LogP contribution in [-0.4, -0.2) is 39.8 Å². The molecule has 8 heteroatoms. The number of hydrogen-bond donors (Lipinski definition) is 1. The molecule has 2 amide bonds. The minimum absolute atomic E-state index is 0.0560. The van der Waals surface area contributed by atoms with Gasteiger partial charge in [-0.15, -0.1) is 22.7 Å². The van der Waals surface area contributed by atoms with Crippen LogP contribution in [0.15, 0.2) is 54.0 Å². The minimum atomic E-state index is -0.398. The van der Waals surface area contributed by atoms with Crippen LogP contribution >= 0.6 is 22.7 Å². The van der Waals surface area contributed by atoms with Crippen molar-refractivity contribution in [1.82, 2.24) is 14.9 Å². The SMILES string of the molecule is NC(=O)c1sc2ccccc2c1[C@H]1CCN(C(=O)Cc2csc(-c3ccccn3)n2)C1. The number of amides is 2. The number of aromatic nitrogens is 2. The predicted molar refractivity (Wildman–Crippen MR) is 123 cm³/mol. The number of nitrogens with zero attached hydrogens (tertiary/aromatic N) is 3. The Hall–Kier alpha value is -3.10. The summed E-state index contributed by atoms with van der Waals surface area (Å²) in [4.78, 5) is 36.4. The summed E-state index contributed by atoms with van der Waals surface area (Å²) in [6.07, 6.45) is 2.83. The lowest BCUT2D eigenvalue weighted by Gasteiger charge is -2.16. The summed E-state index contributed by atoms with van der Waals surface area (Å²) >= 11 is 2.94. The molecular formula is C23H20N4O2S2. The third-order valence-electron chi connectivity index (χ3n) is 5.57. The maximum Gasteiger partial charge on any atom is 0.259 e. The summed E-state index contributed by atoms with van der Waals surface area (Å²) in [6.45, 7) is 1.26. The molecule has 0 unspecified atom stereocenters. The number of likely N-dealkylation sites (tertiary alicyclic amines) is 1. The lowest BCUT2D eigenvalue weighted by molar-refractivity contribution is -0.129. The van der Waals surface area contributed by atoms with E-state index < -0.39 is 5.91 Å². The average Bonchev–Trinajstić information content (AvgIpc) is 3.52. The fourth-order valence-electron chi connectivity index (χ4n) is 4.14. The van der Waals surface area contributed by atoms with Crippen molar-refractivity contribution in [2.45, 2.75) is 18.8 Å². The summed E-state index contributed by atoms with van der Waals surface area (Å²) in [6, 6.07) is 13.7. The second-order valence-electron chi connectivity index (χ2n) is 7.57. The van der Waals surface area contributed by atoms with Gasteiger partial charge >= 0.3 is 0 Å². The Morgan fingerprint density at radius 1 is 1.16 bits per heavy atom. The topological polar surface area (TPSA) is 89.2 Å². The van der Waals surface area contributed by atoms with Gasteiger partial charge in [-0.2, -0.15) is 0 Å². The molecule has 4 heterocycles. The van der Waals surface area contributed by atoms with E-state index >= 15 is 0 Å². The normalized spacial score (nSPS) is 16.1. The standard InChI is InChI=1S/C23H20N4O2S2/c24-22(29)21-20(16-5-1-2-7-18(16)31-21)14-8-10-27(12-14)19(28)11-15-13-30-23(26-15)17-6-3-4-9-25-17/h1-7,9,13-14H,8,10-12H2,(H2,24,29)/t14-/m0/s1. The van der Waals surface area contributed by atoms with Gasteiger partial charge in [0.15, 0.2) is 0 Å². The fourth-order valence-corrected chi connectivity index (χ4v) is 6.07. The van der Waals surface area contributed by atoms with Crippen LogP contribution in [0.2, 0.25) is 0 Å². The molecule has 4 aromatic rings. The van der Waals surface area contributed by atoms with Gasteiger partial charge in [0.25, 0.3) is 5.91 Å². The van der Waals surface area contributed by atoms with Gasteiger partial charge in [-0.1, -0.05) is 24.3 Å². The van der Waals surface area contributed by atoms with E-state index in [0.29, 0.717) is 18.0 Å². The predicted octanol–water partition coefficient (Wildman–Crippen LogP) is 4.08. The molecule has 6 nitrogen and oxygen atoms in total. The zero-order chi connectivity index (χ0) is 21.4. The van der Waals surface area contributed by atoms with Crippen LogP contribution in [0.1, 0.15) is 33.3 Å². The zero-order valence-electron chi connectivity index (χ0n) is 16.7. The second-order valence-corrected chi connectivity index (χ2v) is 9.48. The smallest absolute Gasteiger partial charge is 0.259 e. The fraction of sp³-hybridized carbons (Fsp3) is 0.217. The Kier molecular flexibility index (Phi) is 5.25. The number of thiophene rings is 1. The van der Waals surface area contributed by atoms with Crippen molar-refractivity contribution in [3.05, 3.63) is 70.2 Å². The molecule has 1 aliphatic rings. The summed E-state index contributed by atoms with van der Waals surface area (Å²) in [7, 11) is 0. The Bertz CT molecular complexity index is 1270. The average molecular weight is 449 g/mol. The van der Waals surface area contributed by atoms with E-state index in [4.69, 9.17) is 5.73 Å². The molecule has 0 spiro atoms.